The topological polar surface area (TPSA) is 35.5 Å². The highest BCUT2D eigenvalue weighted by Gasteiger charge is 2.05. The predicted molar refractivity (Wildman–Crippen MR) is 143 cm³/mol. The average Bonchev–Trinajstić information content (AvgIpc) is 2.87. The van der Waals surface area contributed by atoms with Crippen molar-refractivity contribution in [2.75, 3.05) is 13.2 Å². The monoisotopic (exact) mass is 466 g/mol. The average molecular weight is 467 g/mol. The minimum Gasteiger partial charge on any atom is -0.482 e. The van der Waals surface area contributed by atoms with Gasteiger partial charge in [0.1, 0.15) is 5.75 Å². The molecule has 0 aliphatic carbocycles. The van der Waals surface area contributed by atoms with Crippen LogP contribution < -0.4 is 4.74 Å². The van der Waals surface area contributed by atoms with E-state index < -0.39 is 0 Å². The maximum Gasteiger partial charge on any atom is 0.344 e. The summed E-state index contributed by atoms with van der Waals surface area (Å²) >= 11 is 0. The van der Waals surface area contributed by atoms with Crippen molar-refractivity contribution in [1.82, 2.24) is 0 Å². The van der Waals surface area contributed by atoms with Crippen molar-refractivity contribution >= 4 is 5.97 Å². The molecule has 188 valence electrons. The predicted octanol–water partition coefficient (Wildman–Crippen LogP) is 8.93. The van der Waals surface area contributed by atoms with Crippen molar-refractivity contribution in [1.29, 1.82) is 0 Å². The van der Waals surface area contributed by atoms with Crippen molar-refractivity contribution in [2.24, 2.45) is 0 Å². The lowest BCUT2D eigenvalue weighted by Gasteiger charge is -2.09. The van der Waals surface area contributed by atoms with E-state index in [0.29, 0.717) is 12.4 Å². The van der Waals surface area contributed by atoms with E-state index in [4.69, 9.17) is 9.47 Å². The summed E-state index contributed by atoms with van der Waals surface area (Å²) in [4.78, 5) is 11.8. The normalized spacial score (nSPS) is 10.9. The lowest BCUT2D eigenvalue weighted by molar-refractivity contribution is -0.146. The largest absolute Gasteiger partial charge is 0.482 e. The van der Waals surface area contributed by atoms with Crippen LogP contribution in [0.2, 0.25) is 0 Å². The van der Waals surface area contributed by atoms with Crippen molar-refractivity contribution in [3.63, 3.8) is 0 Å². The lowest BCUT2D eigenvalue weighted by atomic mass is 10.0. The van der Waals surface area contributed by atoms with Gasteiger partial charge in [0.05, 0.1) is 6.61 Å². The molecule has 0 fully saturated rings. The minimum atomic E-state index is -0.299. The second-order valence-corrected chi connectivity index (χ2v) is 9.37. The summed E-state index contributed by atoms with van der Waals surface area (Å²) in [6, 6.07) is 16.8. The molecule has 0 spiro atoms. The van der Waals surface area contributed by atoms with E-state index in [1.54, 1.807) is 0 Å². The van der Waals surface area contributed by atoms with Gasteiger partial charge < -0.3 is 9.47 Å². The van der Waals surface area contributed by atoms with Gasteiger partial charge in [0.15, 0.2) is 6.61 Å². The second kappa shape index (κ2) is 18.1. The molecule has 0 N–H and O–H groups in total. The zero-order valence-electron chi connectivity index (χ0n) is 21.7. The molecule has 0 bridgehead atoms. The molecular formula is C31H46O3. The van der Waals surface area contributed by atoms with E-state index >= 15 is 0 Å². The molecule has 0 heterocycles. The first kappa shape index (κ1) is 28.0. The molecule has 0 saturated carbocycles. The molecule has 34 heavy (non-hydrogen) atoms. The molecule has 0 aliphatic heterocycles. The number of hydrogen-bond acceptors (Lipinski definition) is 3. The Balaban J connectivity index is 1.63. The number of carbonyl (C=O) groups is 1. The number of aryl methyl sites for hydroxylation is 1. The maximum absolute atomic E-state index is 11.8. The van der Waals surface area contributed by atoms with Crippen LogP contribution in [0.3, 0.4) is 0 Å². The summed E-state index contributed by atoms with van der Waals surface area (Å²) in [5.41, 5.74) is 3.77. The highest BCUT2D eigenvalue weighted by Crippen LogP contribution is 2.23. The number of benzene rings is 2. The molecule has 0 unspecified atom stereocenters. The van der Waals surface area contributed by atoms with Crippen LogP contribution in [0.4, 0.5) is 0 Å². The molecule has 0 radical (unpaired) electrons. The van der Waals surface area contributed by atoms with Gasteiger partial charge in [0.2, 0.25) is 0 Å². The van der Waals surface area contributed by atoms with E-state index in [1.165, 1.54) is 81.8 Å². The van der Waals surface area contributed by atoms with Gasteiger partial charge in [0.25, 0.3) is 0 Å². The van der Waals surface area contributed by atoms with Gasteiger partial charge in [-0.05, 0) is 48.1 Å². The Labute approximate surface area is 208 Å². The van der Waals surface area contributed by atoms with E-state index in [0.717, 1.165) is 24.8 Å². The third kappa shape index (κ3) is 12.3. The number of unbranched alkanes of at least 4 members (excludes halogenated alkanes) is 11. The maximum atomic E-state index is 11.8. The fourth-order valence-corrected chi connectivity index (χ4v) is 4.15. The van der Waals surface area contributed by atoms with Crippen LogP contribution in [0.5, 0.6) is 5.75 Å². The van der Waals surface area contributed by atoms with E-state index in [-0.39, 0.29) is 12.6 Å². The van der Waals surface area contributed by atoms with Crippen molar-refractivity contribution in [2.45, 2.75) is 104 Å². The fourth-order valence-electron chi connectivity index (χ4n) is 4.15. The Bertz CT molecular complexity index is 764. The Hall–Kier alpha value is -2.29. The van der Waals surface area contributed by atoms with Crippen LogP contribution in [0.15, 0.2) is 48.5 Å². The molecule has 3 heteroatoms. The first-order valence-corrected chi connectivity index (χ1v) is 13.7. The quantitative estimate of drug-likeness (QED) is 0.153. The zero-order valence-corrected chi connectivity index (χ0v) is 21.7. The first-order valence-electron chi connectivity index (χ1n) is 13.7. The number of esters is 1. The Morgan fingerprint density at radius 2 is 1.12 bits per heavy atom. The molecule has 0 aromatic heterocycles. The van der Waals surface area contributed by atoms with Gasteiger partial charge in [-0.15, -0.1) is 0 Å². The SMILES string of the molecule is CCCCCCCCCCc1ccc(-c2ccc(OCC(=O)OCCCCCCC)cc2)cc1. The van der Waals surface area contributed by atoms with Crippen LogP contribution >= 0.6 is 0 Å². The van der Waals surface area contributed by atoms with Crippen molar-refractivity contribution in [3.8, 4) is 16.9 Å². The molecule has 2 aromatic carbocycles. The smallest absolute Gasteiger partial charge is 0.344 e. The molecule has 3 nitrogen and oxygen atoms in total. The summed E-state index contributed by atoms with van der Waals surface area (Å²) in [7, 11) is 0. The fraction of sp³-hybridized carbons (Fsp3) is 0.581. The molecule has 0 saturated heterocycles. The molecule has 2 rings (SSSR count). The van der Waals surface area contributed by atoms with Gasteiger partial charge in [-0.1, -0.05) is 121 Å². The van der Waals surface area contributed by atoms with Gasteiger partial charge in [0, 0.05) is 0 Å². The third-order valence-electron chi connectivity index (χ3n) is 6.33. The van der Waals surface area contributed by atoms with Crippen LogP contribution in [0.1, 0.15) is 103 Å². The minimum absolute atomic E-state index is 0.0399. The standard InChI is InChI=1S/C31H46O3/c1-3-5-7-9-10-11-12-14-16-27-17-19-28(20-18-27)29-21-23-30(24-22-29)34-26-31(32)33-25-15-13-8-6-4-2/h17-24H,3-16,25-26H2,1-2H3. The summed E-state index contributed by atoms with van der Waals surface area (Å²) in [6.45, 7) is 4.91. The van der Waals surface area contributed by atoms with Gasteiger partial charge in [-0.25, -0.2) is 4.79 Å². The Morgan fingerprint density at radius 3 is 1.71 bits per heavy atom. The molecular weight excluding hydrogens is 420 g/mol. The highest BCUT2D eigenvalue weighted by molar-refractivity contribution is 5.71. The van der Waals surface area contributed by atoms with Crippen LogP contribution in [0.25, 0.3) is 11.1 Å². The molecule has 0 amide bonds. The molecule has 0 aliphatic rings. The van der Waals surface area contributed by atoms with E-state index in [9.17, 15) is 4.79 Å². The van der Waals surface area contributed by atoms with E-state index in [1.807, 2.05) is 24.3 Å². The number of hydrogen-bond donors (Lipinski definition) is 0. The number of carbonyl (C=O) groups excluding carboxylic acids is 1. The molecule has 2 aromatic rings. The lowest BCUT2D eigenvalue weighted by Crippen LogP contribution is -2.15. The third-order valence-corrected chi connectivity index (χ3v) is 6.33. The summed E-state index contributed by atoms with van der Waals surface area (Å²) in [6.07, 6.45) is 17.8. The van der Waals surface area contributed by atoms with Crippen LogP contribution in [-0.4, -0.2) is 19.2 Å². The Morgan fingerprint density at radius 1 is 0.618 bits per heavy atom. The van der Waals surface area contributed by atoms with Gasteiger partial charge in [-0.3, -0.25) is 0 Å². The van der Waals surface area contributed by atoms with Gasteiger partial charge >= 0.3 is 5.97 Å². The zero-order chi connectivity index (χ0) is 24.3. The summed E-state index contributed by atoms with van der Waals surface area (Å²) in [5.74, 6) is 0.390. The highest BCUT2D eigenvalue weighted by atomic mass is 16.6. The number of ether oxygens (including phenoxy) is 2. The summed E-state index contributed by atoms with van der Waals surface area (Å²) < 4.78 is 10.8. The second-order valence-electron chi connectivity index (χ2n) is 9.37. The van der Waals surface area contributed by atoms with Crippen LogP contribution in [0, 0.1) is 0 Å². The van der Waals surface area contributed by atoms with E-state index in [2.05, 4.69) is 38.1 Å². The number of rotatable bonds is 19. The molecule has 0 atom stereocenters. The van der Waals surface area contributed by atoms with Gasteiger partial charge in [-0.2, -0.15) is 0 Å². The van der Waals surface area contributed by atoms with Crippen molar-refractivity contribution in [3.05, 3.63) is 54.1 Å². The first-order chi connectivity index (χ1) is 16.7. The van der Waals surface area contributed by atoms with Crippen LogP contribution in [-0.2, 0) is 16.0 Å². The summed E-state index contributed by atoms with van der Waals surface area (Å²) in [5, 5.41) is 0. The Kier molecular flexibility index (Phi) is 14.9. The van der Waals surface area contributed by atoms with Crippen molar-refractivity contribution < 1.29 is 14.3 Å².